The van der Waals surface area contributed by atoms with Crippen molar-refractivity contribution in [3.05, 3.63) is 11.7 Å². The summed E-state index contributed by atoms with van der Waals surface area (Å²) in [6.45, 7) is 9.41. The van der Waals surface area contributed by atoms with E-state index in [2.05, 4.69) is 36.2 Å². The highest BCUT2D eigenvalue weighted by molar-refractivity contribution is 4.83. The molecule has 1 rings (SSSR count). The van der Waals surface area contributed by atoms with Crippen molar-refractivity contribution in [2.24, 2.45) is 5.92 Å². The van der Waals surface area contributed by atoms with Crippen molar-refractivity contribution in [3.8, 4) is 0 Å². The van der Waals surface area contributed by atoms with Crippen molar-refractivity contribution in [1.29, 1.82) is 0 Å². The second-order valence-corrected chi connectivity index (χ2v) is 4.47. The van der Waals surface area contributed by atoms with E-state index in [1.54, 1.807) is 0 Å². The molecule has 0 bridgehead atoms. The Bertz CT molecular complexity index is 283. The van der Waals surface area contributed by atoms with E-state index in [0.29, 0.717) is 11.9 Å². The zero-order chi connectivity index (χ0) is 11.3. The Kier molecular flexibility index (Phi) is 4.75. The van der Waals surface area contributed by atoms with Crippen molar-refractivity contribution >= 4 is 0 Å². The van der Waals surface area contributed by atoms with Crippen LogP contribution in [0, 0.1) is 12.8 Å². The van der Waals surface area contributed by atoms with Gasteiger partial charge in [0.2, 0.25) is 5.89 Å². The highest BCUT2D eigenvalue weighted by Crippen LogP contribution is 2.03. The van der Waals surface area contributed by atoms with E-state index in [4.69, 9.17) is 4.52 Å². The summed E-state index contributed by atoms with van der Waals surface area (Å²) in [6.07, 6.45) is 2.01. The molecule has 1 unspecified atom stereocenters. The number of rotatable bonds is 6. The van der Waals surface area contributed by atoms with Gasteiger partial charge in [0.15, 0.2) is 5.82 Å². The molecule has 0 aliphatic carbocycles. The predicted octanol–water partition coefficient (Wildman–Crippen LogP) is 1.94. The van der Waals surface area contributed by atoms with Gasteiger partial charge in [-0.05, 0) is 26.2 Å². The van der Waals surface area contributed by atoms with Crippen LogP contribution in [0.2, 0.25) is 0 Å². The monoisotopic (exact) mass is 211 g/mol. The van der Waals surface area contributed by atoms with Crippen molar-refractivity contribution in [3.63, 3.8) is 0 Å². The maximum absolute atomic E-state index is 5.03. The van der Waals surface area contributed by atoms with Crippen LogP contribution in [0.3, 0.4) is 0 Å². The summed E-state index contributed by atoms with van der Waals surface area (Å²) in [5, 5.41) is 7.19. The Balaban J connectivity index is 2.16. The smallest absolute Gasteiger partial charge is 0.227 e. The summed E-state index contributed by atoms with van der Waals surface area (Å²) in [5.41, 5.74) is 0. The molecule has 1 heterocycles. The molecule has 15 heavy (non-hydrogen) atoms. The maximum Gasteiger partial charge on any atom is 0.227 e. The van der Waals surface area contributed by atoms with Gasteiger partial charge in [-0.3, -0.25) is 0 Å². The van der Waals surface area contributed by atoms with Gasteiger partial charge in [0.25, 0.3) is 0 Å². The Labute approximate surface area is 91.5 Å². The number of hydrogen-bond donors (Lipinski definition) is 1. The van der Waals surface area contributed by atoms with Crippen molar-refractivity contribution in [1.82, 2.24) is 15.5 Å². The molecule has 4 heteroatoms. The largest absolute Gasteiger partial charge is 0.339 e. The van der Waals surface area contributed by atoms with Crippen LogP contribution in [0.25, 0.3) is 0 Å². The van der Waals surface area contributed by atoms with Gasteiger partial charge in [0.1, 0.15) is 0 Å². The average Bonchev–Trinajstić information content (AvgIpc) is 2.50. The van der Waals surface area contributed by atoms with E-state index < -0.39 is 0 Å². The summed E-state index contributed by atoms with van der Waals surface area (Å²) < 4.78 is 5.03. The van der Waals surface area contributed by atoms with Crippen LogP contribution in [0.4, 0.5) is 0 Å². The van der Waals surface area contributed by atoms with Crippen LogP contribution in [-0.4, -0.2) is 22.7 Å². The third kappa shape index (κ3) is 4.93. The van der Waals surface area contributed by atoms with E-state index in [1.807, 2.05) is 6.92 Å². The normalized spacial score (nSPS) is 13.4. The number of nitrogens with zero attached hydrogens (tertiary/aromatic N) is 2. The number of aromatic nitrogens is 2. The first-order valence-electron chi connectivity index (χ1n) is 5.60. The van der Waals surface area contributed by atoms with Crippen molar-refractivity contribution in [2.45, 2.75) is 46.6 Å². The highest BCUT2D eigenvalue weighted by atomic mass is 16.5. The standard InChI is InChI=1S/C11H21N3O/c1-8(2)7-9(3)12-6-5-11-13-10(4)14-15-11/h8-9,12H,5-7H2,1-4H3. The molecular weight excluding hydrogens is 190 g/mol. The molecule has 1 N–H and O–H groups in total. The van der Waals surface area contributed by atoms with Gasteiger partial charge in [-0.2, -0.15) is 4.98 Å². The summed E-state index contributed by atoms with van der Waals surface area (Å²) >= 11 is 0. The summed E-state index contributed by atoms with van der Waals surface area (Å²) in [5.74, 6) is 2.16. The number of nitrogens with one attached hydrogen (secondary N) is 1. The second kappa shape index (κ2) is 5.85. The fourth-order valence-electron chi connectivity index (χ4n) is 1.66. The average molecular weight is 211 g/mol. The van der Waals surface area contributed by atoms with Crippen LogP contribution >= 0.6 is 0 Å². The molecule has 0 fully saturated rings. The molecule has 0 saturated heterocycles. The van der Waals surface area contributed by atoms with Crippen LogP contribution in [-0.2, 0) is 6.42 Å². The first kappa shape index (κ1) is 12.2. The fourth-order valence-corrected chi connectivity index (χ4v) is 1.66. The highest BCUT2D eigenvalue weighted by Gasteiger charge is 2.06. The molecule has 0 amide bonds. The van der Waals surface area contributed by atoms with Crippen LogP contribution < -0.4 is 5.32 Å². The van der Waals surface area contributed by atoms with Gasteiger partial charge >= 0.3 is 0 Å². The third-order valence-electron chi connectivity index (χ3n) is 2.23. The van der Waals surface area contributed by atoms with Gasteiger partial charge in [0.05, 0.1) is 0 Å². The molecule has 0 aliphatic rings. The molecule has 0 spiro atoms. The Morgan fingerprint density at radius 2 is 2.07 bits per heavy atom. The van der Waals surface area contributed by atoms with E-state index in [-0.39, 0.29) is 0 Å². The molecule has 4 nitrogen and oxygen atoms in total. The molecule has 0 radical (unpaired) electrons. The third-order valence-corrected chi connectivity index (χ3v) is 2.23. The van der Waals surface area contributed by atoms with Crippen LogP contribution in [0.15, 0.2) is 4.52 Å². The van der Waals surface area contributed by atoms with Gasteiger partial charge in [-0.1, -0.05) is 19.0 Å². The molecule has 0 aromatic carbocycles. The topological polar surface area (TPSA) is 51.0 Å². The lowest BCUT2D eigenvalue weighted by Gasteiger charge is -2.14. The molecule has 1 aromatic heterocycles. The molecule has 1 aromatic rings. The molecule has 0 aliphatic heterocycles. The van der Waals surface area contributed by atoms with E-state index in [9.17, 15) is 0 Å². The summed E-state index contributed by atoms with van der Waals surface area (Å²) in [4.78, 5) is 4.15. The lowest BCUT2D eigenvalue weighted by atomic mass is 10.1. The minimum atomic E-state index is 0.550. The minimum absolute atomic E-state index is 0.550. The van der Waals surface area contributed by atoms with Gasteiger partial charge < -0.3 is 9.84 Å². The number of hydrogen-bond acceptors (Lipinski definition) is 4. The summed E-state index contributed by atoms with van der Waals surface area (Å²) in [6, 6.07) is 0.550. The predicted molar refractivity (Wildman–Crippen MR) is 59.7 cm³/mol. The molecule has 1 atom stereocenters. The van der Waals surface area contributed by atoms with Crippen LogP contribution in [0.5, 0.6) is 0 Å². The zero-order valence-electron chi connectivity index (χ0n) is 10.1. The minimum Gasteiger partial charge on any atom is -0.339 e. The van der Waals surface area contributed by atoms with Gasteiger partial charge in [-0.25, -0.2) is 0 Å². The molecular formula is C11H21N3O. The number of aryl methyl sites for hydroxylation is 1. The Hall–Kier alpha value is -0.900. The van der Waals surface area contributed by atoms with Gasteiger partial charge in [0, 0.05) is 19.0 Å². The maximum atomic E-state index is 5.03. The quantitative estimate of drug-likeness (QED) is 0.781. The van der Waals surface area contributed by atoms with Crippen LogP contribution in [0.1, 0.15) is 38.9 Å². The summed E-state index contributed by atoms with van der Waals surface area (Å²) in [7, 11) is 0. The second-order valence-electron chi connectivity index (χ2n) is 4.47. The van der Waals surface area contributed by atoms with Crippen molar-refractivity contribution < 1.29 is 4.52 Å². The fraction of sp³-hybridized carbons (Fsp3) is 0.818. The van der Waals surface area contributed by atoms with Gasteiger partial charge in [-0.15, -0.1) is 0 Å². The van der Waals surface area contributed by atoms with E-state index in [1.165, 1.54) is 6.42 Å². The first-order chi connectivity index (χ1) is 7.08. The molecule has 0 saturated carbocycles. The van der Waals surface area contributed by atoms with E-state index >= 15 is 0 Å². The molecule has 86 valence electrons. The lowest BCUT2D eigenvalue weighted by molar-refractivity contribution is 0.365. The zero-order valence-corrected chi connectivity index (χ0v) is 10.1. The van der Waals surface area contributed by atoms with Crippen molar-refractivity contribution in [2.75, 3.05) is 6.54 Å². The van der Waals surface area contributed by atoms with E-state index in [0.717, 1.165) is 24.8 Å². The first-order valence-corrected chi connectivity index (χ1v) is 5.60. The Morgan fingerprint density at radius 3 is 2.60 bits per heavy atom. The Morgan fingerprint density at radius 1 is 1.33 bits per heavy atom. The SMILES string of the molecule is Cc1noc(CCNC(C)CC(C)C)n1. The lowest BCUT2D eigenvalue weighted by Crippen LogP contribution is -2.29.